The van der Waals surface area contributed by atoms with Crippen LogP contribution in [0, 0.1) is 6.92 Å². The van der Waals surface area contributed by atoms with Crippen LogP contribution in [0.15, 0.2) is 43.5 Å². The largest absolute Gasteiger partial charge is 0.325 e. The summed E-state index contributed by atoms with van der Waals surface area (Å²) in [6.45, 7) is 9.45. The molecule has 0 unspecified atom stereocenters. The number of nitrogens with one attached hydrogen (secondary N) is 1. The maximum atomic E-state index is 4.45. The molecule has 0 bridgehead atoms. The molecule has 3 heteroatoms. The first-order valence-corrected chi connectivity index (χ1v) is 5.69. The van der Waals surface area contributed by atoms with Gasteiger partial charge in [-0.15, -0.1) is 0 Å². The first-order valence-electron chi connectivity index (χ1n) is 5.69. The van der Waals surface area contributed by atoms with Crippen molar-refractivity contribution in [2.75, 3.05) is 5.32 Å². The Kier molecular flexibility index (Phi) is 3.53. The van der Waals surface area contributed by atoms with Crippen molar-refractivity contribution < 1.29 is 0 Å². The van der Waals surface area contributed by atoms with Crippen LogP contribution in [-0.2, 0) is 0 Å². The fraction of sp³-hybridized carbons (Fsp3) is 0.0667. The monoisotopic (exact) mass is 237 g/mol. The van der Waals surface area contributed by atoms with Gasteiger partial charge in [0.15, 0.2) is 0 Å². The Morgan fingerprint density at radius 2 is 1.78 bits per heavy atom. The van der Waals surface area contributed by atoms with Gasteiger partial charge in [-0.2, -0.15) is 0 Å². The van der Waals surface area contributed by atoms with Gasteiger partial charge in [0.05, 0.1) is 5.69 Å². The van der Waals surface area contributed by atoms with Crippen molar-refractivity contribution >= 4 is 23.8 Å². The summed E-state index contributed by atoms with van der Waals surface area (Å²) in [5, 5.41) is 3.17. The quantitative estimate of drug-likeness (QED) is 0.878. The highest BCUT2D eigenvalue weighted by molar-refractivity contribution is 5.64. The molecule has 0 aliphatic heterocycles. The molecule has 0 aliphatic carbocycles. The number of anilines is 2. The minimum absolute atomic E-state index is 0.744. The summed E-state index contributed by atoms with van der Waals surface area (Å²) in [4.78, 5) is 8.82. The molecule has 0 radical (unpaired) electrons. The molecule has 2 rings (SSSR count). The fourth-order valence-electron chi connectivity index (χ4n) is 1.64. The Morgan fingerprint density at radius 3 is 2.44 bits per heavy atom. The van der Waals surface area contributed by atoms with Crippen LogP contribution in [0.4, 0.5) is 11.6 Å². The van der Waals surface area contributed by atoms with E-state index in [0.717, 1.165) is 28.6 Å². The lowest BCUT2D eigenvalue weighted by atomic mass is 10.2. The molecule has 0 atom stereocenters. The number of hydrogen-bond acceptors (Lipinski definition) is 3. The molecule has 2 heterocycles. The Balaban J connectivity index is 2.29. The van der Waals surface area contributed by atoms with Crippen LogP contribution in [0.1, 0.15) is 17.0 Å². The van der Waals surface area contributed by atoms with E-state index in [9.17, 15) is 0 Å². The second-order valence-electron chi connectivity index (χ2n) is 3.87. The van der Waals surface area contributed by atoms with Gasteiger partial charge in [-0.05, 0) is 42.8 Å². The van der Waals surface area contributed by atoms with Gasteiger partial charge in [0.2, 0.25) is 0 Å². The molecule has 2 aromatic heterocycles. The summed E-state index contributed by atoms with van der Waals surface area (Å²) in [5.74, 6) is 1.53. The summed E-state index contributed by atoms with van der Waals surface area (Å²) in [6.07, 6.45) is 3.48. The van der Waals surface area contributed by atoms with E-state index in [1.165, 1.54) is 0 Å². The zero-order valence-electron chi connectivity index (χ0n) is 10.4. The lowest BCUT2D eigenvalue weighted by Gasteiger charge is -2.07. The molecule has 2 aromatic rings. The third-order valence-corrected chi connectivity index (χ3v) is 2.52. The molecule has 0 spiro atoms. The smallest absolute Gasteiger partial charge is 0.132 e. The number of hydrogen-bond donors (Lipinski definition) is 1. The average molecular weight is 237 g/mol. The molecule has 0 aromatic carbocycles. The minimum Gasteiger partial charge on any atom is -0.325 e. The minimum atomic E-state index is 0.744. The molecule has 1 N–H and O–H groups in total. The second kappa shape index (κ2) is 5.27. The number of rotatable bonds is 4. The molecular formula is C15H15N3. The Morgan fingerprint density at radius 1 is 1.00 bits per heavy atom. The third-order valence-electron chi connectivity index (χ3n) is 2.52. The molecule has 0 aliphatic rings. The number of aromatic nitrogens is 2. The van der Waals surface area contributed by atoms with E-state index >= 15 is 0 Å². The maximum absolute atomic E-state index is 4.45. The van der Waals surface area contributed by atoms with Gasteiger partial charge in [0, 0.05) is 5.69 Å². The first kappa shape index (κ1) is 12.0. The standard InChI is InChI=1S/C15H15N3/c1-4-12-9-10-15(17-13(12)5-2)18-14-8-6-7-11(3)16-14/h4-10H,1-2H2,3H3,(H,16,17,18). The summed E-state index contributed by atoms with van der Waals surface area (Å²) in [6, 6.07) is 9.67. The highest BCUT2D eigenvalue weighted by atomic mass is 15.1. The topological polar surface area (TPSA) is 37.8 Å². The van der Waals surface area contributed by atoms with Gasteiger partial charge in [-0.3, -0.25) is 0 Å². The maximum Gasteiger partial charge on any atom is 0.132 e. The summed E-state index contributed by atoms with van der Waals surface area (Å²) < 4.78 is 0. The van der Waals surface area contributed by atoms with Crippen LogP contribution in [0.3, 0.4) is 0 Å². The highest BCUT2D eigenvalue weighted by Gasteiger charge is 2.01. The van der Waals surface area contributed by atoms with Gasteiger partial charge in [-0.25, -0.2) is 9.97 Å². The Hall–Kier alpha value is -2.42. The van der Waals surface area contributed by atoms with Gasteiger partial charge >= 0.3 is 0 Å². The fourth-order valence-corrected chi connectivity index (χ4v) is 1.64. The Bertz CT molecular complexity index is 588. The van der Waals surface area contributed by atoms with E-state index in [1.807, 2.05) is 37.3 Å². The van der Waals surface area contributed by atoms with Crippen LogP contribution in [0.2, 0.25) is 0 Å². The first-order chi connectivity index (χ1) is 8.72. The number of nitrogens with zero attached hydrogens (tertiary/aromatic N) is 2. The van der Waals surface area contributed by atoms with Crippen molar-refractivity contribution in [3.05, 3.63) is 60.4 Å². The zero-order chi connectivity index (χ0) is 13.0. The normalized spacial score (nSPS) is 9.83. The van der Waals surface area contributed by atoms with Gasteiger partial charge < -0.3 is 5.32 Å². The zero-order valence-corrected chi connectivity index (χ0v) is 10.4. The lowest BCUT2D eigenvalue weighted by molar-refractivity contribution is 1.18. The third kappa shape index (κ3) is 2.63. The van der Waals surface area contributed by atoms with Crippen LogP contribution >= 0.6 is 0 Å². The SMILES string of the molecule is C=Cc1ccc(Nc2cccc(C)n2)nc1C=C. The predicted molar refractivity (Wildman–Crippen MR) is 76.7 cm³/mol. The van der Waals surface area contributed by atoms with Crippen molar-refractivity contribution in [3.8, 4) is 0 Å². The van der Waals surface area contributed by atoms with Crippen molar-refractivity contribution in [2.45, 2.75) is 6.92 Å². The number of aryl methyl sites for hydroxylation is 1. The second-order valence-corrected chi connectivity index (χ2v) is 3.87. The molecule has 0 amide bonds. The van der Waals surface area contributed by atoms with Crippen LogP contribution in [0.25, 0.3) is 12.2 Å². The molecular weight excluding hydrogens is 222 g/mol. The van der Waals surface area contributed by atoms with Crippen LogP contribution in [0.5, 0.6) is 0 Å². The van der Waals surface area contributed by atoms with Crippen molar-refractivity contribution in [3.63, 3.8) is 0 Å². The summed E-state index contributed by atoms with van der Waals surface area (Å²) >= 11 is 0. The average Bonchev–Trinajstić information content (AvgIpc) is 2.38. The van der Waals surface area contributed by atoms with Crippen molar-refractivity contribution in [1.29, 1.82) is 0 Å². The van der Waals surface area contributed by atoms with Gasteiger partial charge in [0.25, 0.3) is 0 Å². The van der Waals surface area contributed by atoms with E-state index < -0.39 is 0 Å². The van der Waals surface area contributed by atoms with Crippen LogP contribution in [-0.4, -0.2) is 9.97 Å². The molecule has 90 valence electrons. The van der Waals surface area contributed by atoms with E-state index in [2.05, 4.69) is 28.4 Å². The molecule has 0 fully saturated rings. The molecule has 0 saturated heterocycles. The highest BCUT2D eigenvalue weighted by Crippen LogP contribution is 2.17. The summed E-state index contributed by atoms with van der Waals surface area (Å²) in [5.41, 5.74) is 2.74. The van der Waals surface area contributed by atoms with Crippen molar-refractivity contribution in [2.24, 2.45) is 0 Å². The van der Waals surface area contributed by atoms with Crippen molar-refractivity contribution in [1.82, 2.24) is 9.97 Å². The molecule has 0 saturated carbocycles. The Labute approximate surface area is 107 Å². The van der Waals surface area contributed by atoms with Gasteiger partial charge in [-0.1, -0.05) is 25.3 Å². The number of pyridine rings is 2. The predicted octanol–water partition coefficient (Wildman–Crippen LogP) is 3.81. The van der Waals surface area contributed by atoms with E-state index in [0.29, 0.717) is 0 Å². The lowest BCUT2D eigenvalue weighted by Crippen LogP contribution is -1.98. The van der Waals surface area contributed by atoms with Crippen LogP contribution < -0.4 is 5.32 Å². The van der Waals surface area contributed by atoms with Gasteiger partial charge in [0.1, 0.15) is 11.6 Å². The molecule has 18 heavy (non-hydrogen) atoms. The van der Waals surface area contributed by atoms with E-state index in [-0.39, 0.29) is 0 Å². The van der Waals surface area contributed by atoms with E-state index in [1.54, 1.807) is 12.2 Å². The molecule has 3 nitrogen and oxygen atoms in total. The van der Waals surface area contributed by atoms with E-state index in [4.69, 9.17) is 0 Å². The summed E-state index contributed by atoms with van der Waals surface area (Å²) in [7, 11) is 0.